The second-order valence-electron chi connectivity index (χ2n) is 3.26. The molecule has 1 heterocycles. The van der Waals surface area contributed by atoms with E-state index in [9.17, 15) is 4.79 Å². The molecule has 5 heteroatoms. The van der Waals surface area contributed by atoms with E-state index in [0.29, 0.717) is 0 Å². The third-order valence-corrected chi connectivity index (χ3v) is 3.89. The van der Waals surface area contributed by atoms with Gasteiger partial charge in [0.15, 0.2) is 10.1 Å². The van der Waals surface area contributed by atoms with Crippen LogP contribution in [0.3, 0.4) is 0 Å². The van der Waals surface area contributed by atoms with Crippen LogP contribution in [0, 0.1) is 6.92 Å². The van der Waals surface area contributed by atoms with Crippen molar-refractivity contribution in [2.24, 2.45) is 0 Å². The minimum Gasteiger partial charge on any atom is -0.294 e. The molecule has 0 bridgehead atoms. The molecule has 0 aliphatic rings. The molecule has 2 aromatic rings. The monoisotopic (exact) mass is 250 g/mol. The van der Waals surface area contributed by atoms with Crippen molar-refractivity contribution in [2.45, 2.75) is 23.1 Å². The van der Waals surface area contributed by atoms with Gasteiger partial charge in [-0.25, -0.2) is 4.98 Å². The number of benzene rings is 1. The molecule has 0 amide bonds. The molecule has 0 fully saturated rings. The first kappa shape index (κ1) is 11.3. The first-order valence-electron chi connectivity index (χ1n) is 4.75. The Morgan fingerprint density at radius 2 is 2.12 bits per heavy atom. The van der Waals surface area contributed by atoms with Gasteiger partial charge < -0.3 is 0 Å². The lowest BCUT2D eigenvalue weighted by atomic mass is 10.1. The van der Waals surface area contributed by atoms with Gasteiger partial charge in [-0.2, -0.15) is 4.37 Å². The maximum absolute atomic E-state index is 11.4. The van der Waals surface area contributed by atoms with Crippen molar-refractivity contribution in [3.63, 3.8) is 0 Å². The number of carbonyl (C=O) groups is 1. The third-order valence-electron chi connectivity index (χ3n) is 1.97. The number of nitrogens with zero attached hydrogens (tertiary/aromatic N) is 2. The van der Waals surface area contributed by atoms with E-state index in [0.717, 1.165) is 20.6 Å². The zero-order chi connectivity index (χ0) is 11.5. The van der Waals surface area contributed by atoms with Gasteiger partial charge in [0.05, 0.1) is 0 Å². The van der Waals surface area contributed by atoms with Crippen LogP contribution in [0.5, 0.6) is 0 Å². The molecule has 0 spiro atoms. The van der Waals surface area contributed by atoms with Crippen molar-refractivity contribution >= 4 is 29.1 Å². The fraction of sp³-hybridized carbons (Fsp3) is 0.182. The Hall–Kier alpha value is -1.20. The number of aryl methyl sites for hydroxylation is 1. The number of ketones is 1. The summed E-state index contributed by atoms with van der Waals surface area (Å²) in [5, 5.41) is 0. The average Bonchev–Trinajstić information content (AvgIpc) is 2.64. The summed E-state index contributed by atoms with van der Waals surface area (Å²) in [6, 6.07) is 7.55. The zero-order valence-electron chi connectivity index (χ0n) is 8.93. The van der Waals surface area contributed by atoms with Crippen LogP contribution in [-0.4, -0.2) is 15.1 Å². The van der Waals surface area contributed by atoms with Gasteiger partial charge in [0, 0.05) is 10.5 Å². The van der Waals surface area contributed by atoms with Crippen LogP contribution in [0.2, 0.25) is 0 Å². The van der Waals surface area contributed by atoms with Crippen molar-refractivity contribution in [2.75, 3.05) is 0 Å². The van der Waals surface area contributed by atoms with Crippen LogP contribution >= 0.6 is 23.3 Å². The molecule has 16 heavy (non-hydrogen) atoms. The summed E-state index contributed by atoms with van der Waals surface area (Å²) in [5.74, 6) is 0.845. The second-order valence-corrected chi connectivity index (χ2v) is 5.30. The van der Waals surface area contributed by atoms with Crippen LogP contribution in [0.25, 0.3) is 0 Å². The lowest BCUT2D eigenvalue weighted by Gasteiger charge is -2.02. The molecule has 0 aliphatic carbocycles. The van der Waals surface area contributed by atoms with Crippen LogP contribution in [0.15, 0.2) is 33.5 Å². The number of Topliss-reactive ketones (excluding diaryl/α,β-unsaturated/α-hetero) is 1. The van der Waals surface area contributed by atoms with Crippen LogP contribution in [-0.2, 0) is 0 Å². The van der Waals surface area contributed by atoms with E-state index in [1.165, 1.54) is 23.3 Å². The minimum atomic E-state index is 0.0735. The average molecular weight is 250 g/mol. The van der Waals surface area contributed by atoms with Gasteiger partial charge in [-0.3, -0.25) is 4.79 Å². The SMILES string of the molecule is CC(=O)c1ccccc1Sc1nc(C)ns1. The minimum absolute atomic E-state index is 0.0735. The predicted octanol–water partition coefficient (Wildman–Crippen LogP) is 3.20. The normalized spacial score (nSPS) is 10.4. The molecule has 2 rings (SSSR count). The van der Waals surface area contributed by atoms with E-state index in [-0.39, 0.29) is 5.78 Å². The number of hydrogen-bond donors (Lipinski definition) is 0. The van der Waals surface area contributed by atoms with Crippen molar-refractivity contribution < 1.29 is 4.79 Å². The van der Waals surface area contributed by atoms with Crippen LogP contribution < -0.4 is 0 Å². The molecule has 0 atom stereocenters. The Kier molecular flexibility index (Phi) is 3.36. The molecule has 1 aromatic carbocycles. The van der Waals surface area contributed by atoms with Crippen molar-refractivity contribution in [3.05, 3.63) is 35.7 Å². The van der Waals surface area contributed by atoms with E-state index in [4.69, 9.17) is 0 Å². The number of hydrogen-bond acceptors (Lipinski definition) is 5. The maximum atomic E-state index is 11.4. The summed E-state index contributed by atoms with van der Waals surface area (Å²) >= 11 is 2.84. The Balaban J connectivity index is 2.31. The zero-order valence-corrected chi connectivity index (χ0v) is 10.6. The smallest absolute Gasteiger partial charge is 0.174 e. The fourth-order valence-electron chi connectivity index (χ4n) is 1.26. The fourth-order valence-corrected chi connectivity index (χ4v) is 3.05. The highest BCUT2D eigenvalue weighted by atomic mass is 32.2. The highest BCUT2D eigenvalue weighted by Gasteiger charge is 2.09. The molecule has 0 aliphatic heterocycles. The van der Waals surface area contributed by atoms with Crippen molar-refractivity contribution in [1.29, 1.82) is 0 Å². The summed E-state index contributed by atoms with van der Waals surface area (Å²) in [7, 11) is 0. The van der Waals surface area contributed by atoms with Gasteiger partial charge >= 0.3 is 0 Å². The second kappa shape index (κ2) is 4.76. The first-order valence-corrected chi connectivity index (χ1v) is 6.34. The van der Waals surface area contributed by atoms with Gasteiger partial charge in [0.2, 0.25) is 0 Å². The van der Waals surface area contributed by atoms with E-state index in [2.05, 4.69) is 9.36 Å². The van der Waals surface area contributed by atoms with E-state index in [1.54, 1.807) is 6.92 Å². The quantitative estimate of drug-likeness (QED) is 0.785. The third kappa shape index (κ3) is 2.48. The molecule has 0 unspecified atom stereocenters. The molecule has 82 valence electrons. The number of rotatable bonds is 3. The molecule has 0 N–H and O–H groups in total. The lowest BCUT2D eigenvalue weighted by molar-refractivity contribution is 0.101. The standard InChI is InChI=1S/C11H10N2OS2/c1-7(14)9-5-3-4-6-10(9)15-11-12-8(2)13-16-11/h3-6H,1-2H3. The largest absolute Gasteiger partial charge is 0.294 e. The lowest BCUT2D eigenvalue weighted by Crippen LogP contribution is -1.93. The summed E-state index contributed by atoms with van der Waals surface area (Å²) in [4.78, 5) is 16.6. The molecular formula is C11H10N2OS2. The van der Waals surface area contributed by atoms with E-state index in [1.807, 2.05) is 31.2 Å². The highest BCUT2D eigenvalue weighted by Crippen LogP contribution is 2.31. The Morgan fingerprint density at radius 3 is 2.75 bits per heavy atom. The summed E-state index contributed by atoms with van der Waals surface area (Å²) in [6.45, 7) is 3.43. The van der Waals surface area contributed by atoms with Crippen molar-refractivity contribution in [3.8, 4) is 0 Å². The highest BCUT2D eigenvalue weighted by molar-refractivity contribution is 8.01. The molecule has 0 saturated carbocycles. The molecule has 0 saturated heterocycles. The first-order chi connectivity index (χ1) is 7.66. The molecule has 3 nitrogen and oxygen atoms in total. The van der Waals surface area contributed by atoms with Gasteiger partial charge in [0.25, 0.3) is 0 Å². The predicted molar refractivity (Wildman–Crippen MR) is 65.2 cm³/mol. The maximum Gasteiger partial charge on any atom is 0.174 e. The van der Waals surface area contributed by atoms with Crippen molar-refractivity contribution in [1.82, 2.24) is 9.36 Å². The van der Waals surface area contributed by atoms with E-state index >= 15 is 0 Å². The topological polar surface area (TPSA) is 42.9 Å². The number of aromatic nitrogens is 2. The number of carbonyl (C=O) groups excluding carboxylic acids is 1. The Bertz CT molecular complexity index is 522. The van der Waals surface area contributed by atoms with Gasteiger partial charge in [-0.05, 0) is 31.4 Å². The molecule has 0 radical (unpaired) electrons. The molecule has 1 aromatic heterocycles. The molecular weight excluding hydrogens is 240 g/mol. The van der Waals surface area contributed by atoms with Gasteiger partial charge in [-0.1, -0.05) is 30.0 Å². The van der Waals surface area contributed by atoms with Gasteiger partial charge in [0.1, 0.15) is 5.82 Å². The Labute approximate surface area is 102 Å². The van der Waals surface area contributed by atoms with Crippen LogP contribution in [0.4, 0.5) is 0 Å². The summed E-state index contributed by atoms with van der Waals surface area (Å²) < 4.78 is 4.98. The van der Waals surface area contributed by atoms with E-state index < -0.39 is 0 Å². The summed E-state index contributed by atoms with van der Waals surface area (Å²) in [6.07, 6.45) is 0. The van der Waals surface area contributed by atoms with Crippen LogP contribution in [0.1, 0.15) is 23.1 Å². The summed E-state index contributed by atoms with van der Waals surface area (Å²) in [5.41, 5.74) is 0.736. The van der Waals surface area contributed by atoms with Gasteiger partial charge in [-0.15, -0.1) is 0 Å². The Morgan fingerprint density at radius 1 is 1.38 bits per heavy atom.